The molecule has 3 heteroatoms. The predicted octanol–water partition coefficient (Wildman–Crippen LogP) is 3.78. The van der Waals surface area contributed by atoms with Crippen molar-refractivity contribution >= 4 is 0 Å². The van der Waals surface area contributed by atoms with Gasteiger partial charge in [0.25, 0.3) is 0 Å². The van der Waals surface area contributed by atoms with Gasteiger partial charge in [0, 0.05) is 24.6 Å². The molecule has 0 bridgehead atoms. The second kappa shape index (κ2) is 7.44. The van der Waals surface area contributed by atoms with Crippen molar-refractivity contribution in [1.29, 1.82) is 0 Å². The Morgan fingerprint density at radius 3 is 2.22 bits per heavy atom. The molecule has 2 saturated heterocycles. The molecule has 1 N–H and O–H groups in total. The van der Waals surface area contributed by atoms with Crippen LogP contribution in [0.3, 0.4) is 0 Å². The van der Waals surface area contributed by atoms with Crippen molar-refractivity contribution in [2.75, 3.05) is 13.1 Å². The number of fused-ring (bicyclic) bond motifs is 1. The summed E-state index contributed by atoms with van der Waals surface area (Å²) in [5, 5.41) is 8.06. The number of nitrogens with zero attached hydrogens (tertiary/aromatic N) is 1. The Bertz CT molecular complexity index is 228. The highest BCUT2D eigenvalue weighted by molar-refractivity contribution is 5.07. The fourth-order valence-corrected chi connectivity index (χ4v) is 3.11. The normalized spacial score (nSPS) is 34.5. The molecule has 0 aromatic carbocycles. The Balaban J connectivity index is 0.000000415. The molecule has 0 aromatic heterocycles. The molecule has 110 valence electrons. The van der Waals surface area contributed by atoms with Crippen LogP contribution in [0, 0.1) is 0 Å². The maximum Gasteiger partial charge on any atom is 0.122 e. The van der Waals surface area contributed by atoms with E-state index < -0.39 is 5.67 Å². The van der Waals surface area contributed by atoms with Gasteiger partial charge in [0.2, 0.25) is 0 Å². The Hall–Kier alpha value is -0.150. The second-order valence-electron chi connectivity index (χ2n) is 5.79. The Labute approximate surface area is 113 Å². The molecule has 18 heavy (non-hydrogen) atoms. The number of aliphatic hydroxyl groups excluding tert-OH is 1. The SMILES string of the molecule is CC.CC(C)O.CCC12CCCN1CC(C)(F)C2. The van der Waals surface area contributed by atoms with Gasteiger partial charge in [-0.05, 0) is 46.6 Å². The van der Waals surface area contributed by atoms with Crippen molar-refractivity contribution in [3.05, 3.63) is 0 Å². The minimum atomic E-state index is -0.920. The third kappa shape index (κ3) is 4.85. The number of hydrogen-bond donors (Lipinski definition) is 1. The first-order valence-corrected chi connectivity index (χ1v) is 7.43. The third-order valence-electron chi connectivity index (χ3n) is 3.62. The standard InChI is InChI=1S/C10H18FN.C3H8O.C2H6/c1-3-10-5-4-6-12(10)8-9(2,11)7-10;1-3(2)4;1-2/h3-8H2,1-2H3;3-4H,1-2H3;1-2H3. The highest BCUT2D eigenvalue weighted by Gasteiger charge is 2.52. The first-order valence-electron chi connectivity index (χ1n) is 7.43. The van der Waals surface area contributed by atoms with Gasteiger partial charge in [0.05, 0.1) is 0 Å². The van der Waals surface area contributed by atoms with E-state index in [4.69, 9.17) is 5.11 Å². The zero-order valence-electron chi connectivity index (χ0n) is 13.1. The summed E-state index contributed by atoms with van der Waals surface area (Å²) in [5.41, 5.74) is -0.681. The van der Waals surface area contributed by atoms with Gasteiger partial charge in [0.15, 0.2) is 0 Å². The van der Waals surface area contributed by atoms with Crippen molar-refractivity contribution in [3.63, 3.8) is 0 Å². The monoisotopic (exact) mass is 261 g/mol. The summed E-state index contributed by atoms with van der Waals surface area (Å²) in [6.07, 6.45) is 4.19. The van der Waals surface area contributed by atoms with Crippen LogP contribution in [-0.4, -0.2) is 40.4 Å². The lowest BCUT2D eigenvalue weighted by atomic mass is 9.87. The molecule has 2 heterocycles. The van der Waals surface area contributed by atoms with Crippen LogP contribution in [-0.2, 0) is 0 Å². The molecule has 0 amide bonds. The van der Waals surface area contributed by atoms with Crippen LogP contribution in [0.4, 0.5) is 4.39 Å². The lowest BCUT2D eigenvalue weighted by molar-refractivity contribution is 0.185. The molecule has 0 saturated carbocycles. The average molecular weight is 261 g/mol. The maximum absolute atomic E-state index is 13.7. The van der Waals surface area contributed by atoms with Crippen LogP contribution in [0.15, 0.2) is 0 Å². The number of hydrogen-bond acceptors (Lipinski definition) is 2. The highest BCUT2D eigenvalue weighted by atomic mass is 19.1. The van der Waals surface area contributed by atoms with E-state index in [1.807, 2.05) is 13.8 Å². The molecule has 0 spiro atoms. The lowest BCUT2D eigenvalue weighted by Gasteiger charge is -2.30. The minimum absolute atomic E-state index is 0.167. The van der Waals surface area contributed by atoms with Crippen LogP contribution in [0.1, 0.15) is 67.2 Å². The number of halogens is 1. The Morgan fingerprint density at radius 2 is 1.83 bits per heavy atom. The summed E-state index contributed by atoms with van der Waals surface area (Å²) >= 11 is 0. The number of rotatable bonds is 1. The van der Waals surface area contributed by atoms with E-state index in [1.165, 1.54) is 12.8 Å². The summed E-state index contributed by atoms with van der Waals surface area (Å²) in [7, 11) is 0. The van der Waals surface area contributed by atoms with E-state index in [9.17, 15) is 4.39 Å². The maximum atomic E-state index is 13.7. The number of aliphatic hydroxyl groups is 1. The van der Waals surface area contributed by atoms with Crippen LogP contribution in [0.25, 0.3) is 0 Å². The molecular formula is C15H32FNO. The van der Waals surface area contributed by atoms with E-state index in [0.717, 1.165) is 19.4 Å². The van der Waals surface area contributed by atoms with Crippen LogP contribution < -0.4 is 0 Å². The Kier molecular flexibility index (Phi) is 7.38. The third-order valence-corrected chi connectivity index (χ3v) is 3.62. The van der Waals surface area contributed by atoms with Crippen LogP contribution in [0.2, 0.25) is 0 Å². The molecule has 2 fully saturated rings. The van der Waals surface area contributed by atoms with Crippen LogP contribution >= 0.6 is 0 Å². The van der Waals surface area contributed by atoms with E-state index >= 15 is 0 Å². The van der Waals surface area contributed by atoms with E-state index in [1.54, 1.807) is 20.8 Å². The summed E-state index contributed by atoms with van der Waals surface area (Å²) in [6, 6.07) is 0. The molecule has 2 atom stereocenters. The fourth-order valence-electron chi connectivity index (χ4n) is 3.11. The first-order chi connectivity index (χ1) is 8.31. The van der Waals surface area contributed by atoms with Crippen molar-refractivity contribution in [3.8, 4) is 0 Å². The molecule has 2 aliphatic heterocycles. The van der Waals surface area contributed by atoms with Crippen LogP contribution in [0.5, 0.6) is 0 Å². The van der Waals surface area contributed by atoms with Gasteiger partial charge in [0.1, 0.15) is 5.67 Å². The summed E-state index contributed by atoms with van der Waals surface area (Å²) in [5.74, 6) is 0. The predicted molar refractivity (Wildman–Crippen MR) is 76.7 cm³/mol. The summed E-state index contributed by atoms with van der Waals surface area (Å²) in [6.45, 7) is 13.2. The lowest BCUT2D eigenvalue weighted by Crippen LogP contribution is -2.37. The van der Waals surface area contributed by atoms with Crippen molar-refractivity contribution in [2.24, 2.45) is 0 Å². The van der Waals surface area contributed by atoms with E-state index in [-0.39, 0.29) is 11.6 Å². The first kappa shape index (κ1) is 17.8. The van der Waals surface area contributed by atoms with E-state index in [0.29, 0.717) is 6.54 Å². The molecular weight excluding hydrogens is 229 g/mol. The molecule has 2 nitrogen and oxygen atoms in total. The van der Waals surface area contributed by atoms with Crippen molar-refractivity contribution < 1.29 is 9.50 Å². The summed E-state index contributed by atoms with van der Waals surface area (Å²) < 4.78 is 13.7. The largest absolute Gasteiger partial charge is 0.394 e. The minimum Gasteiger partial charge on any atom is -0.394 e. The van der Waals surface area contributed by atoms with Crippen molar-refractivity contribution in [1.82, 2.24) is 4.90 Å². The van der Waals surface area contributed by atoms with Gasteiger partial charge in [-0.3, -0.25) is 4.90 Å². The van der Waals surface area contributed by atoms with Crippen molar-refractivity contribution in [2.45, 2.75) is 84.5 Å². The molecule has 0 aliphatic carbocycles. The zero-order valence-corrected chi connectivity index (χ0v) is 13.1. The molecule has 2 unspecified atom stereocenters. The van der Waals surface area contributed by atoms with Gasteiger partial charge >= 0.3 is 0 Å². The van der Waals surface area contributed by atoms with E-state index in [2.05, 4.69) is 11.8 Å². The molecule has 0 radical (unpaired) electrons. The van der Waals surface area contributed by atoms with Gasteiger partial charge in [-0.2, -0.15) is 0 Å². The summed E-state index contributed by atoms with van der Waals surface area (Å²) in [4.78, 5) is 2.37. The quantitative estimate of drug-likeness (QED) is 0.776. The molecule has 0 aromatic rings. The molecule has 2 rings (SSSR count). The van der Waals surface area contributed by atoms with Gasteiger partial charge in [-0.15, -0.1) is 0 Å². The molecule has 2 aliphatic rings. The Morgan fingerprint density at radius 1 is 1.33 bits per heavy atom. The topological polar surface area (TPSA) is 23.5 Å². The smallest absolute Gasteiger partial charge is 0.122 e. The van der Waals surface area contributed by atoms with Gasteiger partial charge in [-0.25, -0.2) is 4.39 Å². The second-order valence-corrected chi connectivity index (χ2v) is 5.79. The highest BCUT2D eigenvalue weighted by Crippen LogP contribution is 2.46. The van der Waals surface area contributed by atoms with Gasteiger partial charge < -0.3 is 5.11 Å². The fraction of sp³-hybridized carbons (Fsp3) is 1.00. The number of alkyl halides is 1. The van der Waals surface area contributed by atoms with Gasteiger partial charge in [-0.1, -0.05) is 20.8 Å². The zero-order chi connectivity index (χ0) is 14.4. The average Bonchev–Trinajstić information content (AvgIpc) is 2.72.